The molecule has 1 saturated heterocycles. The van der Waals surface area contributed by atoms with E-state index in [1.165, 1.54) is 7.11 Å². The van der Waals surface area contributed by atoms with Gasteiger partial charge >= 0.3 is 0 Å². The van der Waals surface area contributed by atoms with Gasteiger partial charge in [-0.15, -0.1) is 12.4 Å². The van der Waals surface area contributed by atoms with Crippen molar-refractivity contribution in [3.8, 4) is 5.75 Å². The standard InChI is InChI=1S/C19H23ClN2O3S.ClH/c1-25-15-5-4-6-16(13-15)26(23,24)12-11-22-10-9-21-14-19(22)17-7-2-3-8-18(17)20;/h2-8,13,19,21H,9-12,14H2,1H3;1H. The van der Waals surface area contributed by atoms with Gasteiger partial charge in [0.1, 0.15) is 5.75 Å². The highest BCUT2D eigenvalue weighted by Gasteiger charge is 2.27. The molecular weight excluding hydrogens is 407 g/mol. The van der Waals surface area contributed by atoms with Gasteiger partial charge in [0.05, 0.1) is 17.8 Å². The molecule has 1 heterocycles. The van der Waals surface area contributed by atoms with Gasteiger partial charge in [-0.2, -0.15) is 0 Å². The summed E-state index contributed by atoms with van der Waals surface area (Å²) in [6.45, 7) is 2.82. The van der Waals surface area contributed by atoms with Crippen LogP contribution in [0.3, 0.4) is 0 Å². The number of hydrogen-bond acceptors (Lipinski definition) is 5. The van der Waals surface area contributed by atoms with Crippen LogP contribution in [0, 0.1) is 0 Å². The number of hydrogen-bond donors (Lipinski definition) is 1. The molecule has 0 amide bonds. The van der Waals surface area contributed by atoms with Crippen LogP contribution in [0.1, 0.15) is 11.6 Å². The monoisotopic (exact) mass is 430 g/mol. The Balaban J connectivity index is 0.00000261. The van der Waals surface area contributed by atoms with Crippen LogP contribution in [0.2, 0.25) is 5.02 Å². The zero-order valence-electron chi connectivity index (χ0n) is 15.1. The molecule has 1 unspecified atom stereocenters. The van der Waals surface area contributed by atoms with Crippen molar-refractivity contribution >= 4 is 33.8 Å². The smallest absolute Gasteiger partial charge is 0.179 e. The van der Waals surface area contributed by atoms with E-state index in [2.05, 4.69) is 10.2 Å². The molecule has 27 heavy (non-hydrogen) atoms. The van der Waals surface area contributed by atoms with Crippen molar-refractivity contribution in [2.24, 2.45) is 0 Å². The summed E-state index contributed by atoms with van der Waals surface area (Å²) in [6, 6.07) is 14.4. The molecule has 0 aliphatic carbocycles. The molecule has 2 aromatic rings. The number of methoxy groups -OCH3 is 1. The molecule has 1 atom stereocenters. The summed E-state index contributed by atoms with van der Waals surface area (Å²) in [7, 11) is -1.85. The van der Waals surface area contributed by atoms with E-state index in [1.807, 2.05) is 24.3 Å². The molecule has 2 aromatic carbocycles. The molecular formula is C19H24Cl2N2O3S. The highest BCUT2D eigenvalue weighted by molar-refractivity contribution is 7.91. The maximum absolute atomic E-state index is 12.7. The van der Waals surface area contributed by atoms with Gasteiger partial charge in [-0.3, -0.25) is 4.90 Å². The summed E-state index contributed by atoms with van der Waals surface area (Å²) >= 11 is 6.36. The van der Waals surface area contributed by atoms with Crippen molar-refractivity contribution in [1.29, 1.82) is 0 Å². The Morgan fingerprint density at radius 3 is 2.74 bits per heavy atom. The molecule has 1 fully saturated rings. The molecule has 1 aliphatic rings. The van der Waals surface area contributed by atoms with Crippen LogP contribution in [-0.4, -0.2) is 52.4 Å². The minimum atomic E-state index is -3.38. The van der Waals surface area contributed by atoms with E-state index in [9.17, 15) is 8.42 Å². The first kappa shape index (κ1) is 22.0. The van der Waals surface area contributed by atoms with E-state index in [0.29, 0.717) is 22.2 Å². The second-order valence-electron chi connectivity index (χ2n) is 6.28. The number of sulfone groups is 1. The summed E-state index contributed by atoms with van der Waals surface area (Å²) in [6.07, 6.45) is 0. The topological polar surface area (TPSA) is 58.6 Å². The highest BCUT2D eigenvalue weighted by atomic mass is 35.5. The van der Waals surface area contributed by atoms with Gasteiger partial charge in [0.2, 0.25) is 0 Å². The summed E-state index contributed by atoms with van der Waals surface area (Å²) in [5.74, 6) is 0.600. The molecule has 8 heteroatoms. The third-order valence-corrected chi connectivity index (χ3v) is 6.70. The van der Waals surface area contributed by atoms with Crippen LogP contribution in [0.15, 0.2) is 53.4 Å². The predicted octanol–water partition coefficient (Wildman–Crippen LogP) is 3.19. The predicted molar refractivity (Wildman–Crippen MR) is 111 cm³/mol. The van der Waals surface area contributed by atoms with Crippen LogP contribution < -0.4 is 10.1 Å². The largest absolute Gasteiger partial charge is 0.497 e. The first-order valence-corrected chi connectivity index (χ1v) is 10.6. The number of rotatable bonds is 6. The van der Waals surface area contributed by atoms with Crippen LogP contribution in [-0.2, 0) is 9.84 Å². The summed E-state index contributed by atoms with van der Waals surface area (Å²) < 4.78 is 30.6. The Kier molecular flexibility index (Phi) is 7.94. The Labute approximate surface area is 172 Å². The lowest BCUT2D eigenvalue weighted by atomic mass is 10.0. The molecule has 1 aliphatic heterocycles. The summed E-state index contributed by atoms with van der Waals surface area (Å²) in [5.41, 5.74) is 1.03. The molecule has 3 rings (SSSR count). The number of nitrogens with zero attached hydrogens (tertiary/aromatic N) is 1. The van der Waals surface area contributed by atoms with Crippen molar-refractivity contribution in [3.63, 3.8) is 0 Å². The third-order valence-electron chi connectivity index (χ3n) is 4.67. The van der Waals surface area contributed by atoms with Gasteiger partial charge in [-0.1, -0.05) is 35.9 Å². The minimum absolute atomic E-state index is 0. The molecule has 5 nitrogen and oxygen atoms in total. The van der Waals surface area contributed by atoms with Crippen molar-refractivity contribution < 1.29 is 13.2 Å². The van der Waals surface area contributed by atoms with E-state index in [4.69, 9.17) is 16.3 Å². The van der Waals surface area contributed by atoms with Crippen molar-refractivity contribution in [3.05, 3.63) is 59.1 Å². The van der Waals surface area contributed by atoms with Gasteiger partial charge in [-0.25, -0.2) is 8.42 Å². The average Bonchev–Trinajstić information content (AvgIpc) is 2.67. The number of piperazine rings is 1. The average molecular weight is 431 g/mol. The highest BCUT2D eigenvalue weighted by Crippen LogP contribution is 2.28. The Bertz CT molecular complexity index is 862. The number of nitrogens with one attached hydrogen (secondary N) is 1. The fraction of sp³-hybridized carbons (Fsp3) is 0.368. The maximum atomic E-state index is 12.7. The maximum Gasteiger partial charge on any atom is 0.179 e. The SMILES string of the molecule is COc1cccc(S(=O)(=O)CCN2CCNCC2c2ccccc2Cl)c1.Cl. The van der Waals surface area contributed by atoms with E-state index in [1.54, 1.807) is 24.3 Å². The van der Waals surface area contributed by atoms with Crippen molar-refractivity contribution in [1.82, 2.24) is 10.2 Å². The minimum Gasteiger partial charge on any atom is -0.497 e. The lowest BCUT2D eigenvalue weighted by molar-refractivity contribution is 0.172. The molecule has 1 N–H and O–H groups in total. The first-order valence-electron chi connectivity index (χ1n) is 8.57. The molecule has 148 valence electrons. The quantitative estimate of drug-likeness (QED) is 0.762. The van der Waals surface area contributed by atoms with Crippen LogP contribution in [0.4, 0.5) is 0 Å². The summed E-state index contributed by atoms with van der Waals surface area (Å²) in [4.78, 5) is 2.48. The second kappa shape index (κ2) is 9.75. The van der Waals surface area contributed by atoms with E-state index < -0.39 is 9.84 Å². The van der Waals surface area contributed by atoms with Gasteiger partial charge in [0.15, 0.2) is 9.84 Å². The van der Waals surface area contributed by atoms with Gasteiger partial charge in [0, 0.05) is 37.2 Å². The van der Waals surface area contributed by atoms with Crippen molar-refractivity contribution in [2.75, 3.05) is 39.0 Å². The van der Waals surface area contributed by atoms with E-state index in [-0.39, 0.29) is 24.2 Å². The van der Waals surface area contributed by atoms with E-state index >= 15 is 0 Å². The molecule has 0 radical (unpaired) electrons. The zero-order valence-corrected chi connectivity index (χ0v) is 17.5. The van der Waals surface area contributed by atoms with Crippen LogP contribution in [0.5, 0.6) is 5.75 Å². The molecule has 0 bridgehead atoms. The lowest BCUT2D eigenvalue weighted by Gasteiger charge is -2.36. The number of benzene rings is 2. The van der Waals surface area contributed by atoms with Crippen LogP contribution >= 0.6 is 24.0 Å². The molecule has 0 aromatic heterocycles. The fourth-order valence-corrected chi connectivity index (χ4v) is 4.77. The first-order chi connectivity index (χ1) is 12.5. The van der Waals surface area contributed by atoms with Crippen molar-refractivity contribution in [2.45, 2.75) is 10.9 Å². The summed E-state index contributed by atoms with van der Waals surface area (Å²) in [5, 5.41) is 4.08. The van der Waals surface area contributed by atoms with Gasteiger partial charge < -0.3 is 10.1 Å². The number of ether oxygens (including phenoxy) is 1. The number of halogens is 2. The second-order valence-corrected chi connectivity index (χ2v) is 8.79. The van der Waals surface area contributed by atoms with Gasteiger partial charge in [-0.05, 0) is 29.8 Å². The molecule has 0 saturated carbocycles. The Morgan fingerprint density at radius 2 is 2.00 bits per heavy atom. The fourth-order valence-electron chi connectivity index (χ4n) is 3.22. The normalized spacial score (nSPS) is 17.9. The molecule has 0 spiro atoms. The van der Waals surface area contributed by atoms with E-state index in [0.717, 1.165) is 25.2 Å². The lowest BCUT2D eigenvalue weighted by Crippen LogP contribution is -2.47. The van der Waals surface area contributed by atoms with Gasteiger partial charge in [0.25, 0.3) is 0 Å². The van der Waals surface area contributed by atoms with Crippen LogP contribution in [0.25, 0.3) is 0 Å². The Hall–Kier alpha value is -1.31. The third kappa shape index (κ3) is 5.36. The zero-order chi connectivity index (χ0) is 18.6. The Morgan fingerprint density at radius 1 is 1.22 bits per heavy atom.